The van der Waals surface area contributed by atoms with Crippen LogP contribution in [0.25, 0.3) is 11.1 Å². The van der Waals surface area contributed by atoms with Gasteiger partial charge in [-0.25, -0.2) is 4.98 Å². The Bertz CT molecular complexity index is 1160. The number of alkyl halides is 3. The van der Waals surface area contributed by atoms with Crippen molar-refractivity contribution < 1.29 is 23.0 Å². The molecule has 3 heterocycles. The van der Waals surface area contributed by atoms with Gasteiger partial charge in [-0.3, -0.25) is 4.98 Å². The Labute approximate surface area is 213 Å². The molecule has 2 aromatic heterocycles. The van der Waals surface area contributed by atoms with Crippen molar-refractivity contribution in [3.05, 3.63) is 70.6 Å². The van der Waals surface area contributed by atoms with E-state index in [0.717, 1.165) is 23.9 Å². The number of piperidine rings is 1. The average Bonchev–Trinajstić information content (AvgIpc) is 2.86. The minimum absolute atomic E-state index is 0.0483. The molecule has 0 amide bonds. The van der Waals surface area contributed by atoms with E-state index >= 15 is 0 Å². The van der Waals surface area contributed by atoms with Crippen LogP contribution in [0.1, 0.15) is 56.0 Å². The second-order valence-electron chi connectivity index (χ2n) is 8.24. The fourth-order valence-corrected chi connectivity index (χ4v) is 4.21. The molecule has 4 rings (SSSR count). The molecule has 3 unspecified atom stereocenters. The average molecular weight is 523 g/mol. The number of anilines is 1. The molecule has 36 heavy (non-hydrogen) atoms. The number of nitrogen functional groups attached to an aromatic ring is 1. The number of nitrogens with zero attached hydrogens (tertiary/aromatic N) is 2. The molecule has 1 aliphatic heterocycles. The van der Waals surface area contributed by atoms with Crippen LogP contribution in [0.5, 0.6) is 5.75 Å². The van der Waals surface area contributed by atoms with Gasteiger partial charge in [-0.1, -0.05) is 31.5 Å². The van der Waals surface area contributed by atoms with E-state index < -0.39 is 23.9 Å². The van der Waals surface area contributed by atoms with Crippen LogP contribution in [-0.2, 0) is 6.18 Å². The van der Waals surface area contributed by atoms with Crippen LogP contribution in [0.15, 0.2) is 48.8 Å². The van der Waals surface area contributed by atoms with Crippen LogP contribution < -0.4 is 15.8 Å². The molecule has 0 radical (unpaired) electrons. The number of aliphatic hydroxyl groups excluding tert-OH is 1. The van der Waals surface area contributed by atoms with E-state index in [1.165, 1.54) is 19.1 Å². The van der Waals surface area contributed by atoms with E-state index in [9.17, 15) is 18.3 Å². The van der Waals surface area contributed by atoms with Gasteiger partial charge in [0, 0.05) is 52.3 Å². The minimum Gasteiger partial charge on any atom is -0.482 e. The molecule has 3 atom stereocenters. The summed E-state index contributed by atoms with van der Waals surface area (Å²) in [5, 5.41) is 13.7. The molecule has 1 saturated heterocycles. The molecular formula is C26H30ClF3N4O2. The van der Waals surface area contributed by atoms with Crippen molar-refractivity contribution >= 4 is 17.4 Å². The summed E-state index contributed by atoms with van der Waals surface area (Å²) in [6.45, 7) is 6.91. The Balaban J connectivity index is 0.00000176. The van der Waals surface area contributed by atoms with Crippen LogP contribution in [0.4, 0.5) is 19.0 Å². The minimum atomic E-state index is -4.56. The van der Waals surface area contributed by atoms with Gasteiger partial charge in [0.15, 0.2) is 11.6 Å². The Hall–Kier alpha value is -2.88. The predicted octanol–water partition coefficient (Wildman–Crippen LogP) is 6.00. The van der Waals surface area contributed by atoms with Crippen molar-refractivity contribution in [1.82, 2.24) is 15.3 Å². The van der Waals surface area contributed by atoms with E-state index in [4.69, 9.17) is 22.1 Å². The van der Waals surface area contributed by atoms with Gasteiger partial charge in [-0.15, -0.1) is 0 Å². The summed E-state index contributed by atoms with van der Waals surface area (Å²) < 4.78 is 46.2. The molecule has 1 fully saturated rings. The number of rotatable bonds is 5. The highest BCUT2D eigenvalue weighted by Gasteiger charge is 2.35. The zero-order chi connectivity index (χ0) is 26.5. The highest BCUT2D eigenvalue weighted by atomic mass is 35.5. The Kier molecular flexibility index (Phi) is 9.16. The summed E-state index contributed by atoms with van der Waals surface area (Å²) in [5.74, 6) is 0.105. The molecule has 4 N–H and O–H groups in total. The lowest BCUT2D eigenvalue weighted by molar-refractivity contribution is -0.138. The number of benzene rings is 1. The maximum atomic E-state index is 13.5. The Morgan fingerprint density at radius 3 is 2.47 bits per heavy atom. The molecule has 10 heteroatoms. The van der Waals surface area contributed by atoms with Crippen LogP contribution in [-0.4, -0.2) is 34.3 Å². The van der Waals surface area contributed by atoms with E-state index in [2.05, 4.69) is 15.3 Å². The third-order valence-electron chi connectivity index (χ3n) is 5.89. The number of aliphatic hydroxyl groups is 1. The molecule has 1 aromatic carbocycles. The van der Waals surface area contributed by atoms with Gasteiger partial charge in [0.05, 0.1) is 11.7 Å². The van der Waals surface area contributed by atoms with Crippen molar-refractivity contribution in [2.24, 2.45) is 0 Å². The molecule has 0 spiro atoms. The number of nitrogens with one attached hydrogen (secondary N) is 1. The lowest BCUT2D eigenvalue weighted by Gasteiger charge is -2.27. The van der Waals surface area contributed by atoms with Gasteiger partial charge in [0.2, 0.25) is 0 Å². The van der Waals surface area contributed by atoms with Gasteiger partial charge >= 0.3 is 6.18 Å². The van der Waals surface area contributed by atoms with Crippen molar-refractivity contribution in [3.8, 4) is 16.9 Å². The number of nitrogens with two attached hydrogens (primary N) is 1. The molecule has 3 aromatic rings. The number of hydrogen-bond acceptors (Lipinski definition) is 6. The molecule has 0 aliphatic carbocycles. The summed E-state index contributed by atoms with van der Waals surface area (Å²) in [6, 6.07) is 8.67. The quantitative estimate of drug-likeness (QED) is 0.380. The topological polar surface area (TPSA) is 93.3 Å². The van der Waals surface area contributed by atoms with Crippen LogP contribution >= 0.6 is 11.6 Å². The SMILES string of the molecule is CC.CC(Oc1cc(-c2ccc(C3CNCCC3O)nc2)cnc1N)c1cc(Cl)ccc1C(F)(F)F. The lowest BCUT2D eigenvalue weighted by atomic mass is 9.92. The zero-order valence-electron chi connectivity index (χ0n) is 20.3. The Morgan fingerprint density at radius 2 is 1.83 bits per heavy atom. The first kappa shape index (κ1) is 27.7. The summed E-state index contributed by atoms with van der Waals surface area (Å²) in [5.41, 5.74) is 7.16. The fourth-order valence-electron chi connectivity index (χ4n) is 4.03. The number of hydrogen-bond donors (Lipinski definition) is 3. The molecule has 6 nitrogen and oxygen atoms in total. The van der Waals surface area contributed by atoms with Crippen molar-refractivity contribution in [3.63, 3.8) is 0 Å². The van der Waals surface area contributed by atoms with E-state index in [-0.39, 0.29) is 28.1 Å². The first-order valence-electron chi connectivity index (χ1n) is 11.8. The summed E-state index contributed by atoms with van der Waals surface area (Å²) in [6.07, 6.45) is -2.13. The molecule has 194 valence electrons. The van der Waals surface area contributed by atoms with E-state index in [1.54, 1.807) is 18.5 Å². The second-order valence-corrected chi connectivity index (χ2v) is 8.67. The molecule has 0 bridgehead atoms. The second kappa shape index (κ2) is 11.9. The first-order chi connectivity index (χ1) is 17.1. The van der Waals surface area contributed by atoms with Gasteiger partial charge in [0.25, 0.3) is 0 Å². The monoisotopic (exact) mass is 522 g/mol. The number of aromatic nitrogens is 2. The number of pyridine rings is 2. The molecule has 1 aliphatic rings. The van der Waals surface area contributed by atoms with Gasteiger partial charge < -0.3 is 20.9 Å². The van der Waals surface area contributed by atoms with Gasteiger partial charge in [-0.05, 0) is 50.2 Å². The van der Waals surface area contributed by atoms with Gasteiger partial charge in [-0.2, -0.15) is 13.2 Å². The lowest BCUT2D eigenvalue weighted by Crippen LogP contribution is -2.38. The summed E-state index contributed by atoms with van der Waals surface area (Å²) in [4.78, 5) is 8.64. The van der Waals surface area contributed by atoms with Crippen LogP contribution in [0.2, 0.25) is 5.02 Å². The largest absolute Gasteiger partial charge is 0.482 e. The maximum Gasteiger partial charge on any atom is 0.416 e. The maximum absolute atomic E-state index is 13.5. The molecule has 0 saturated carbocycles. The van der Waals surface area contributed by atoms with Crippen LogP contribution in [0, 0.1) is 0 Å². The standard InChI is InChI=1S/C24H24ClF3N4O2.C2H6/c1-13(17-9-16(25)3-4-19(17)24(26,27)28)34-22-8-15(11-32-23(22)29)14-2-5-20(31-10-14)18-12-30-7-6-21(18)33;1-2/h2-5,8-11,13,18,21,30,33H,6-7,12H2,1H3,(H2,29,32);1-2H3. The van der Waals surface area contributed by atoms with Gasteiger partial charge in [0.1, 0.15) is 6.10 Å². The first-order valence-corrected chi connectivity index (χ1v) is 12.1. The number of ether oxygens (including phenoxy) is 1. The normalized spacial score (nSPS) is 18.7. The highest BCUT2D eigenvalue weighted by Crippen LogP contribution is 2.38. The Morgan fingerprint density at radius 1 is 1.11 bits per heavy atom. The predicted molar refractivity (Wildman–Crippen MR) is 135 cm³/mol. The highest BCUT2D eigenvalue weighted by molar-refractivity contribution is 6.30. The fraction of sp³-hybridized carbons (Fsp3) is 0.385. The third-order valence-corrected chi connectivity index (χ3v) is 6.12. The van der Waals surface area contributed by atoms with E-state index in [0.29, 0.717) is 18.5 Å². The van der Waals surface area contributed by atoms with Crippen molar-refractivity contribution in [2.45, 2.75) is 51.5 Å². The van der Waals surface area contributed by atoms with Crippen molar-refractivity contribution in [1.29, 1.82) is 0 Å². The van der Waals surface area contributed by atoms with E-state index in [1.807, 2.05) is 26.0 Å². The third kappa shape index (κ3) is 6.46. The van der Waals surface area contributed by atoms with Crippen molar-refractivity contribution in [2.75, 3.05) is 18.8 Å². The zero-order valence-corrected chi connectivity index (χ0v) is 21.1. The summed E-state index contributed by atoms with van der Waals surface area (Å²) >= 11 is 5.94. The smallest absolute Gasteiger partial charge is 0.416 e. The molecular weight excluding hydrogens is 493 g/mol. The summed E-state index contributed by atoms with van der Waals surface area (Å²) in [7, 11) is 0. The van der Waals surface area contributed by atoms with Crippen LogP contribution in [0.3, 0.4) is 0 Å². The number of halogens is 4.